The van der Waals surface area contributed by atoms with Gasteiger partial charge in [0.1, 0.15) is 0 Å². The van der Waals surface area contributed by atoms with Crippen molar-refractivity contribution in [2.45, 2.75) is 96.6 Å². The fraction of sp³-hybridized carbons (Fsp3) is 0.708. The first-order valence-electron chi connectivity index (χ1n) is 11.1. The van der Waals surface area contributed by atoms with E-state index in [2.05, 4.69) is 33.9 Å². The zero-order valence-electron chi connectivity index (χ0n) is 20.2. The summed E-state index contributed by atoms with van der Waals surface area (Å²) < 4.78 is 18.7. The average molecular weight is 434 g/mol. The first-order chi connectivity index (χ1) is 13.6. The van der Waals surface area contributed by atoms with Gasteiger partial charge in [0.2, 0.25) is 0 Å². The number of carbonyl (C=O) groups is 1. The minimum atomic E-state index is -1.83. The van der Waals surface area contributed by atoms with Crippen LogP contribution in [-0.4, -0.2) is 49.5 Å². The maximum Gasteiger partial charge on any atom is 0.253 e. The Morgan fingerprint density at radius 2 is 1.60 bits per heavy atom. The van der Waals surface area contributed by atoms with E-state index in [1.165, 1.54) is 0 Å². The van der Waals surface area contributed by atoms with E-state index in [0.29, 0.717) is 12.1 Å². The van der Waals surface area contributed by atoms with Gasteiger partial charge in [-0.25, -0.2) is 0 Å². The molecule has 0 aliphatic carbocycles. The molecule has 1 aromatic rings. The van der Waals surface area contributed by atoms with Gasteiger partial charge in [-0.2, -0.15) is 0 Å². The van der Waals surface area contributed by atoms with Crippen LogP contribution < -0.4 is 0 Å². The molecule has 1 amide bonds. The van der Waals surface area contributed by atoms with Gasteiger partial charge < -0.3 is 18.8 Å². The first kappa shape index (κ1) is 23.5. The van der Waals surface area contributed by atoms with Gasteiger partial charge in [-0.15, -0.1) is 0 Å². The Bertz CT molecular complexity index is 763. The molecule has 3 rings (SSSR count). The molecule has 0 N–H and O–H groups in total. The number of nitrogens with zero attached hydrogens (tertiary/aromatic N) is 1. The molecule has 2 aliphatic rings. The lowest BCUT2D eigenvalue weighted by Gasteiger charge is -2.38. The van der Waals surface area contributed by atoms with E-state index < -0.39 is 14.6 Å². The smallest absolute Gasteiger partial charge is 0.253 e. The van der Waals surface area contributed by atoms with Crippen molar-refractivity contribution in [3.05, 3.63) is 35.4 Å². The molecule has 0 saturated carbocycles. The van der Waals surface area contributed by atoms with Gasteiger partial charge in [0.15, 0.2) is 14.6 Å². The maximum atomic E-state index is 13.0. The van der Waals surface area contributed by atoms with E-state index in [4.69, 9.17) is 13.9 Å². The molecular formula is C24H39NO4Si. The van der Waals surface area contributed by atoms with Crippen molar-refractivity contribution in [3.8, 4) is 0 Å². The van der Waals surface area contributed by atoms with Gasteiger partial charge in [0.05, 0.1) is 17.3 Å². The van der Waals surface area contributed by atoms with Gasteiger partial charge >= 0.3 is 0 Å². The highest BCUT2D eigenvalue weighted by Gasteiger charge is 2.49. The van der Waals surface area contributed by atoms with E-state index in [-0.39, 0.29) is 28.3 Å². The molecule has 0 bridgehead atoms. The molecule has 2 fully saturated rings. The summed E-state index contributed by atoms with van der Waals surface area (Å²) in [6.07, 6.45) is 0.636. The third kappa shape index (κ3) is 4.52. The zero-order chi connectivity index (χ0) is 22.5. The highest BCUT2D eigenvalue weighted by molar-refractivity contribution is 6.74. The van der Waals surface area contributed by atoms with E-state index in [9.17, 15) is 4.79 Å². The Kier molecular flexibility index (Phi) is 6.04. The number of ether oxygens (including phenoxy) is 2. The lowest BCUT2D eigenvalue weighted by atomic mass is 9.90. The second-order valence-electron chi connectivity index (χ2n) is 11.3. The van der Waals surface area contributed by atoms with Crippen LogP contribution in [0.2, 0.25) is 18.1 Å². The molecule has 1 aromatic carbocycles. The molecule has 1 unspecified atom stereocenters. The second-order valence-corrected chi connectivity index (χ2v) is 16.0. The standard InChI is InChI=1S/C24H39NO4Si/c1-22(2,3)30(8,9)29-19-14-15-25(16-19)20(26)17-10-12-18(13-11-17)21-27-23(4,5)24(6,7)28-21/h10-13,19,21H,14-16H2,1-9H3. The summed E-state index contributed by atoms with van der Waals surface area (Å²) in [6.45, 7) is 20.9. The zero-order valence-corrected chi connectivity index (χ0v) is 21.2. The molecule has 0 aromatic heterocycles. The molecule has 5 nitrogen and oxygen atoms in total. The molecule has 0 spiro atoms. The molecular weight excluding hydrogens is 394 g/mol. The van der Waals surface area contributed by atoms with Gasteiger partial charge in [0, 0.05) is 24.2 Å². The lowest BCUT2D eigenvalue weighted by Crippen LogP contribution is -2.44. The van der Waals surface area contributed by atoms with E-state index in [0.717, 1.165) is 18.5 Å². The van der Waals surface area contributed by atoms with Crippen LogP contribution in [0.3, 0.4) is 0 Å². The Morgan fingerprint density at radius 3 is 2.10 bits per heavy atom. The van der Waals surface area contributed by atoms with Crippen molar-refractivity contribution in [2.24, 2.45) is 0 Å². The summed E-state index contributed by atoms with van der Waals surface area (Å²) in [5, 5.41) is 0.174. The molecule has 2 heterocycles. The fourth-order valence-electron chi connectivity index (χ4n) is 3.55. The Balaban J connectivity index is 1.62. The molecule has 2 saturated heterocycles. The van der Waals surface area contributed by atoms with Crippen LogP contribution in [0.5, 0.6) is 0 Å². The molecule has 6 heteroatoms. The number of benzene rings is 1. The highest BCUT2D eigenvalue weighted by atomic mass is 28.4. The molecule has 2 aliphatic heterocycles. The van der Waals surface area contributed by atoms with E-state index in [1.54, 1.807) is 0 Å². The Morgan fingerprint density at radius 1 is 1.07 bits per heavy atom. The van der Waals surface area contributed by atoms with Crippen molar-refractivity contribution in [2.75, 3.05) is 13.1 Å². The minimum absolute atomic E-state index is 0.0665. The summed E-state index contributed by atoms with van der Waals surface area (Å²) in [7, 11) is -1.83. The van der Waals surface area contributed by atoms with Crippen molar-refractivity contribution in [3.63, 3.8) is 0 Å². The van der Waals surface area contributed by atoms with Crippen LogP contribution in [-0.2, 0) is 13.9 Å². The van der Waals surface area contributed by atoms with Gasteiger partial charge in [-0.3, -0.25) is 4.79 Å². The maximum absolute atomic E-state index is 13.0. The van der Waals surface area contributed by atoms with Crippen LogP contribution in [0.4, 0.5) is 0 Å². The van der Waals surface area contributed by atoms with Crippen molar-refractivity contribution in [1.82, 2.24) is 4.90 Å². The quantitative estimate of drug-likeness (QED) is 0.586. The monoisotopic (exact) mass is 433 g/mol. The number of amides is 1. The van der Waals surface area contributed by atoms with E-state index in [1.807, 2.05) is 56.9 Å². The van der Waals surface area contributed by atoms with Crippen LogP contribution in [0, 0.1) is 0 Å². The average Bonchev–Trinajstić information content (AvgIpc) is 3.15. The highest BCUT2D eigenvalue weighted by Crippen LogP contribution is 2.44. The normalized spacial score (nSPS) is 24.4. The van der Waals surface area contributed by atoms with Gasteiger partial charge in [0.25, 0.3) is 5.91 Å². The van der Waals surface area contributed by atoms with Gasteiger partial charge in [-0.1, -0.05) is 32.9 Å². The number of hydrogen-bond donors (Lipinski definition) is 0. The predicted molar refractivity (Wildman–Crippen MR) is 122 cm³/mol. The summed E-state index contributed by atoms with van der Waals surface area (Å²) in [5.41, 5.74) is 0.885. The van der Waals surface area contributed by atoms with Crippen LogP contribution >= 0.6 is 0 Å². The summed E-state index contributed by atoms with van der Waals surface area (Å²) >= 11 is 0. The van der Waals surface area contributed by atoms with Crippen molar-refractivity contribution in [1.29, 1.82) is 0 Å². The fourth-order valence-corrected chi connectivity index (χ4v) is 4.93. The number of hydrogen-bond acceptors (Lipinski definition) is 4. The predicted octanol–water partition coefficient (Wildman–Crippen LogP) is 5.53. The summed E-state index contributed by atoms with van der Waals surface area (Å²) in [5.74, 6) is 0.0665. The molecule has 0 radical (unpaired) electrons. The topological polar surface area (TPSA) is 48.0 Å². The third-order valence-electron chi connectivity index (χ3n) is 7.38. The van der Waals surface area contributed by atoms with Crippen LogP contribution in [0.15, 0.2) is 24.3 Å². The summed E-state index contributed by atoms with van der Waals surface area (Å²) in [4.78, 5) is 14.9. The number of rotatable bonds is 4. The SMILES string of the molecule is CC1(C)OC(c2ccc(C(=O)N3CCC(O[Si](C)(C)C(C)(C)C)C3)cc2)OC1(C)C. The largest absolute Gasteiger partial charge is 0.412 e. The second kappa shape index (κ2) is 7.73. The Labute approximate surface area is 183 Å². The molecule has 168 valence electrons. The number of carbonyl (C=O) groups excluding carboxylic acids is 1. The number of likely N-dealkylation sites (tertiary alicyclic amines) is 1. The Hall–Kier alpha value is -1.21. The van der Waals surface area contributed by atoms with Crippen molar-refractivity contribution >= 4 is 14.2 Å². The van der Waals surface area contributed by atoms with Crippen LogP contribution in [0.1, 0.15) is 77.1 Å². The minimum Gasteiger partial charge on any atom is -0.412 e. The van der Waals surface area contributed by atoms with E-state index >= 15 is 0 Å². The van der Waals surface area contributed by atoms with Crippen LogP contribution in [0.25, 0.3) is 0 Å². The third-order valence-corrected chi connectivity index (χ3v) is 11.9. The lowest BCUT2D eigenvalue weighted by molar-refractivity contribution is -0.0895. The van der Waals surface area contributed by atoms with Crippen molar-refractivity contribution < 1.29 is 18.7 Å². The summed E-state index contributed by atoms with van der Waals surface area (Å²) in [6, 6.07) is 7.64. The molecule has 30 heavy (non-hydrogen) atoms. The molecule has 1 atom stereocenters. The first-order valence-corrected chi connectivity index (χ1v) is 14.0. The van der Waals surface area contributed by atoms with Gasteiger partial charge in [-0.05, 0) is 64.4 Å².